The first-order valence-electron chi connectivity index (χ1n) is 10.8. The maximum absolute atomic E-state index is 13.1. The Labute approximate surface area is 195 Å². The van der Waals surface area contributed by atoms with E-state index in [0.29, 0.717) is 41.4 Å². The molecule has 2 aromatic carbocycles. The van der Waals surface area contributed by atoms with Gasteiger partial charge in [0.15, 0.2) is 0 Å². The van der Waals surface area contributed by atoms with Crippen LogP contribution in [0.2, 0.25) is 0 Å². The number of hydrogen-bond acceptors (Lipinski definition) is 6. The Bertz CT molecular complexity index is 1510. The maximum atomic E-state index is 13.1. The van der Waals surface area contributed by atoms with Gasteiger partial charge in [0.1, 0.15) is 17.5 Å². The van der Waals surface area contributed by atoms with E-state index in [4.69, 9.17) is 4.98 Å². The van der Waals surface area contributed by atoms with Crippen LogP contribution >= 0.6 is 0 Å². The van der Waals surface area contributed by atoms with Crippen LogP contribution in [-0.4, -0.2) is 20.5 Å². The summed E-state index contributed by atoms with van der Waals surface area (Å²) in [6.45, 7) is 3.16. The lowest BCUT2D eigenvalue weighted by Gasteiger charge is -2.21. The van der Waals surface area contributed by atoms with Crippen LogP contribution in [0, 0.1) is 11.3 Å². The zero-order valence-corrected chi connectivity index (χ0v) is 18.4. The van der Waals surface area contributed by atoms with Crippen LogP contribution in [0.5, 0.6) is 0 Å². The van der Waals surface area contributed by atoms with Gasteiger partial charge in [0.25, 0.3) is 5.56 Å². The minimum Gasteiger partial charge on any atom is -0.478 e. The van der Waals surface area contributed by atoms with Gasteiger partial charge in [0, 0.05) is 36.6 Å². The molecule has 8 nitrogen and oxygen atoms in total. The fourth-order valence-electron chi connectivity index (χ4n) is 4.36. The average Bonchev–Trinajstić information content (AvgIpc) is 3.28. The van der Waals surface area contributed by atoms with Gasteiger partial charge in [0.05, 0.1) is 17.2 Å². The zero-order valence-electron chi connectivity index (χ0n) is 18.4. The lowest BCUT2D eigenvalue weighted by atomic mass is 10.1. The number of anilines is 2. The van der Waals surface area contributed by atoms with Gasteiger partial charge in [-0.3, -0.25) is 9.20 Å². The lowest BCUT2D eigenvalue weighted by molar-refractivity contribution is 0.0698. The highest BCUT2D eigenvalue weighted by Crippen LogP contribution is 2.29. The van der Waals surface area contributed by atoms with E-state index in [2.05, 4.69) is 23.5 Å². The van der Waals surface area contributed by atoms with Crippen LogP contribution in [0.3, 0.4) is 0 Å². The lowest BCUT2D eigenvalue weighted by Crippen LogP contribution is -2.23. The van der Waals surface area contributed by atoms with E-state index in [1.807, 2.05) is 24.0 Å². The third kappa shape index (κ3) is 3.73. The Kier molecular flexibility index (Phi) is 5.22. The second-order valence-corrected chi connectivity index (χ2v) is 8.28. The standard InChI is InChI=1S/C26H21N5O3/c1-16(28-22-9-5-4-8-20(22)26(33)34)21-10-17(12-27)13-31-24(32)11-23(29-25(21)31)30-14-18-6-2-3-7-19(18)15-30/h2-11,13,16,28H,14-15H2,1H3,(H,33,34)/t16-/m1/s1. The number of carboxylic acid groups (broad SMARTS) is 1. The van der Waals surface area contributed by atoms with Crippen LogP contribution < -0.4 is 15.8 Å². The molecular formula is C26H21N5O3. The van der Waals surface area contributed by atoms with Crippen molar-refractivity contribution < 1.29 is 9.90 Å². The third-order valence-corrected chi connectivity index (χ3v) is 6.07. The van der Waals surface area contributed by atoms with Crippen molar-refractivity contribution in [2.45, 2.75) is 26.1 Å². The predicted molar refractivity (Wildman–Crippen MR) is 128 cm³/mol. The van der Waals surface area contributed by atoms with Gasteiger partial charge in [0.2, 0.25) is 0 Å². The second kappa shape index (κ2) is 8.37. The van der Waals surface area contributed by atoms with Crippen LogP contribution in [0.15, 0.2) is 71.7 Å². The monoisotopic (exact) mass is 451 g/mol. The Balaban J connectivity index is 1.59. The highest BCUT2D eigenvalue weighted by atomic mass is 16.4. The summed E-state index contributed by atoms with van der Waals surface area (Å²) in [5.74, 6) is -0.485. The molecule has 0 bridgehead atoms. The van der Waals surface area contributed by atoms with Crippen molar-refractivity contribution in [2.24, 2.45) is 0 Å². The quantitative estimate of drug-likeness (QED) is 0.472. The Morgan fingerprint density at radius 3 is 2.47 bits per heavy atom. The number of nitriles is 1. The number of pyridine rings is 1. The molecule has 0 radical (unpaired) electrons. The van der Waals surface area contributed by atoms with Crippen molar-refractivity contribution in [2.75, 3.05) is 10.2 Å². The summed E-state index contributed by atoms with van der Waals surface area (Å²) < 4.78 is 1.38. The van der Waals surface area contributed by atoms with Crippen molar-refractivity contribution in [1.29, 1.82) is 5.26 Å². The first kappa shape index (κ1) is 21.2. The van der Waals surface area contributed by atoms with Gasteiger partial charge in [-0.15, -0.1) is 0 Å². The normalized spacial score (nSPS) is 13.4. The van der Waals surface area contributed by atoms with Crippen LogP contribution in [0.4, 0.5) is 11.5 Å². The second-order valence-electron chi connectivity index (χ2n) is 8.28. The first-order chi connectivity index (χ1) is 16.4. The number of fused-ring (bicyclic) bond motifs is 2. The Hall–Kier alpha value is -4.64. The highest BCUT2D eigenvalue weighted by Gasteiger charge is 2.22. The minimum atomic E-state index is -1.05. The smallest absolute Gasteiger partial charge is 0.337 e. The number of carboxylic acids is 1. The number of hydrogen-bond donors (Lipinski definition) is 2. The number of rotatable bonds is 5. The van der Waals surface area contributed by atoms with Crippen molar-refractivity contribution in [3.05, 3.63) is 105 Å². The average molecular weight is 451 g/mol. The molecule has 2 N–H and O–H groups in total. The molecule has 0 aliphatic carbocycles. The number of aromatic nitrogens is 2. The molecule has 1 aliphatic rings. The molecule has 0 saturated heterocycles. The van der Waals surface area contributed by atoms with E-state index in [-0.39, 0.29) is 11.1 Å². The van der Waals surface area contributed by atoms with Crippen molar-refractivity contribution in [3.63, 3.8) is 0 Å². The van der Waals surface area contributed by atoms with Crippen LogP contribution in [-0.2, 0) is 13.1 Å². The maximum Gasteiger partial charge on any atom is 0.337 e. The minimum absolute atomic E-state index is 0.135. The van der Waals surface area contributed by atoms with Gasteiger partial charge >= 0.3 is 5.97 Å². The van der Waals surface area contributed by atoms with Gasteiger partial charge in [-0.05, 0) is 36.2 Å². The van der Waals surface area contributed by atoms with Gasteiger partial charge in [-0.2, -0.15) is 5.26 Å². The van der Waals surface area contributed by atoms with Gasteiger partial charge < -0.3 is 15.3 Å². The fourth-order valence-corrected chi connectivity index (χ4v) is 4.36. The Morgan fingerprint density at radius 1 is 1.12 bits per heavy atom. The van der Waals surface area contributed by atoms with Crippen LogP contribution in [0.1, 0.15) is 45.6 Å². The predicted octanol–water partition coefficient (Wildman–Crippen LogP) is 3.96. The summed E-state index contributed by atoms with van der Waals surface area (Å²) in [5, 5.41) is 22.3. The van der Waals surface area contributed by atoms with E-state index in [9.17, 15) is 20.0 Å². The molecule has 0 spiro atoms. The van der Waals surface area contributed by atoms with E-state index < -0.39 is 12.0 Å². The number of para-hydroxylation sites is 1. The van der Waals surface area contributed by atoms with Crippen molar-refractivity contribution in [3.8, 4) is 6.07 Å². The SMILES string of the molecule is C[C@@H](Nc1ccccc1C(=O)O)c1cc(C#N)cn2c(=O)cc(N3Cc4ccccc4C3)nc12. The molecule has 0 unspecified atom stereocenters. The molecule has 5 rings (SSSR count). The van der Waals surface area contributed by atoms with Crippen molar-refractivity contribution in [1.82, 2.24) is 9.38 Å². The third-order valence-electron chi connectivity index (χ3n) is 6.07. The Morgan fingerprint density at radius 2 is 1.79 bits per heavy atom. The number of benzene rings is 2. The number of carbonyl (C=O) groups is 1. The number of aromatic carboxylic acids is 1. The molecule has 1 atom stereocenters. The highest BCUT2D eigenvalue weighted by molar-refractivity contribution is 5.94. The fraction of sp³-hybridized carbons (Fsp3) is 0.154. The molecule has 34 heavy (non-hydrogen) atoms. The largest absolute Gasteiger partial charge is 0.478 e. The first-order valence-corrected chi connectivity index (χ1v) is 10.8. The summed E-state index contributed by atoms with van der Waals surface area (Å²) in [5.41, 5.74) is 4.04. The van der Waals surface area contributed by atoms with Crippen molar-refractivity contribution >= 4 is 23.1 Å². The summed E-state index contributed by atoms with van der Waals surface area (Å²) in [6, 6.07) is 19.6. The molecule has 2 aromatic heterocycles. The molecule has 4 aromatic rings. The molecule has 3 heterocycles. The van der Waals surface area contributed by atoms with Gasteiger partial charge in [-0.25, -0.2) is 9.78 Å². The molecule has 0 fully saturated rings. The van der Waals surface area contributed by atoms with Crippen LogP contribution in [0.25, 0.3) is 5.65 Å². The van der Waals surface area contributed by atoms with E-state index >= 15 is 0 Å². The van der Waals surface area contributed by atoms with E-state index in [1.54, 1.807) is 24.3 Å². The zero-order chi connectivity index (χ0) is 23.8. The topological polar surface area (TPSA) is 111 Å². The number of nitrogens with one attached hydrogen (secondary N) is 1. The summed E-state index contributed by atoms with van der Waals surface area (Å²) in [4.78, 5) is 31.6. The molecule has 168 valence electrons. The molecular weight excluding hydrogens is 430 g/mol. The summed E-state index contributed by atoms with van der Waals surface area (Å²) in [7, 11) is 0. The number of nitrogens with zero attached hydrogens (tertiary/aromatic N) is 4. The molecule has 0 amide bonds. The molecule has 0 saturated carbocycles. The van der Waals surface area contributed by atoms with E-state index in [0.717, 1.165) is 0 Å². The molecule has 8 heteroatoms. The summed E-state index contributed by atoms with van der Waals surface area (Å²) >= 11 is 0. The van der Waals surface area contributed by atoms with Gasteiger partial charge in [-0.1, -0.05) is 36.4 Å². The van der Waals surface area contributed by atoms with E-state index in [1.165, 1.54) is 33.9 Å². The summed E-state index contributed by atoms with van der Waals surface area (Å²) in [6.07, 6.45) is 1.48. The molecule has 1 aliphatic heterocycles.